The van der Waals surface area contributed by atoms with Crippen LogP contribution in [0.4, 0.5) is 0 Å². The number of hydrogen-bond acceptors (Lipinski definition) is 2. The summed E-state index contributed by atoms with van der Waals surface area (Å²) in [6, 6.07) is 0.363. The lowest BCUT2D eigenvalue weighted by atomic mass is 9.93. The summed E-state index contributed by atoms with van der Waals surface area (Å²) in [5.41, 5.74) is 0. The number of carbonyl (C=O) groups is 1. The van der Waals surface area contributed by atoms with Crippen LogP contribution in [0.15, 0.2) is 0 Å². The highest BCUT2D eigenvalue weighted by Gasteiger charge is 2.29. The van der Waals surface area contributed by atoms with Crippen molar-refractivity contribution in [1.82, 2.24) is 9.80 Å². The Labute approximate surface area is 112 Å². The van der Waals surface area contributed by atoms with Crippen LogP contribution in [0.25, 0.3) is 0 Å². The fourth-order valence-electron chi connectivity index (χ4n) is 3.20. The molecule has 0 aromatic carbocycles. The van der Waals surface area contributed by atoms with Crippen LogP contribution in [-0.4, -0.2) is 47.9 Å². The van der Waals surface area contributed by atoms with Gasteiger partial charge in [-0.2, -0.15) is 0 Å². The minimum Gasteiger partial charge on any atom is -0.340 e. The molecule has 2 aliphatic heterocycles. The van der Waals surface area contributed by atoms with Crippen LogP contribution in [-0.2, 0) is 4.79 Å². The van der Waals surface area contributed by atoms with Crippen molar-refractivity contribution < 1.29 is 4.79 Å². The number of hydrogen-bond donors (Lipinski definition) is 0. The second kappa shape index (κ2) is 6.05. The molecule has 2 fully saturated rings. The van der Waals surface area contributed by atoms with Crippen LogP contribution >= 0.6 is 0 Å². The summed E-state index contributed by atoms with van der Waals surface area (Å²) in [4.78, 5) is 16.5. The molecular weight excluding hydrogens is 224 g/mol. The summed E-state index contributed by atoms with van der Waals surface area (Å²) in [5, 5.41) is 0. The molecule has 3 nitrogen and oxygen atoms in total. The molecule has 18 heavy (non-hydrogen) atoms. The summed E-state index contributed by atoms with van der Waals surface area (Å²) in [7, 11) is 0. The molecule has 2 rings (SSSR count). The fraction of sp³-hybridized carbons (Fsp3) is 0.933. The van der Waals surface area contributed by atoms with Gasteiger partial charge in [-0.15, -0.1) is 0 Å². The maximum Gasteiger partial charge on any atom is 0.222 e. The van der Waals surface area contributed by atoms with Crippen molar-refractivity contribution in [1.29, 1.82) is 0 Å². The maximum atomic E-state index is 11.8. The molecule has 2 heterocycles. The van der Waals surface area contributed by atoms with E-state index in [1.54, 1.807) is 0 Å². The van der Waals surface area contributed by atoms with Crippen LogP contribution in [0.2, 0.25) is 0 Å². The first-order valence-corrected chi connectivity index (χ1v) is 7.58. The van der Waals surface area contributed by atoms with Gasteiger partial charge in [-0.25, -0.2) is 0 Å². The van der Waals surface area contributed by atoms with E-state index in [-0.39, 0.29) is 0 Å². The van der Waals surface area contributed by atoms with Gasteiger partial charge in [-0.05, 0) is 58.0 Å². The second-order valence-electron chi connectivity index (χ2n) is 6.53. The first-order valence-electron chi connectivity index (χ1n) is 7.58. The topological polar surface area (TPSA) is 23.6 Å². The van der Waals surface area contributed by atoms with Gasteiger partial charge < -0.3 is 9.80 Å². The molecule has 2 saturated heterocycles. The lowest BCUT2D eigenvalue weighted by Crippen LogP contribution is -2.47. The second-order valence-corrected chi connectivity index (χ2v) is 6.53. The SMILES string of the molecule is CC1CCN(CC2CCC(=O)N(C(C)C)C2)CC1. The fourth-order valence-corrected chi connectivity index (χ4v) is 3.20. The van der Waals surface area contributed by atoms with Gasteiger partial charge >= 0.3 is 0 Å². The average Bonchev–Trinajstić information content (AvgIpc) is 2.34. The minimum absolute atomic E-state index is 0.355. The molecule has 104 valence electrons. The zero-order valence-electron chi connectivity index (χ0n) is 12.2. The minimum atomic E-state index is 0.355. The molecule has 0 spiro atoms. The van der Waals surface area contributed by atoms with E-state index >= 15 is 0 Å². The highest BCUT2D eigenvalue weighted by molar-refractivity contribution is 5.77. The summed E-state index contributed by atoms with van der Waals surface area (Å²) >= 11 is 0. The predicted molar refractivity (Wildman–Crippen MR) is 74.4 cm³/mol. The van der Waals surface area contributed by atoms with Crippen molar-refractivity contribution in [2.24, 2.45) is 11.8 Å². The number of amides is 1. The van der Waals surface area contributed by atoms with Crippen molar-refractivity contribution in [2.45, 2.75) is 52.5 Å². The Hall–Kier alpha value is -0.570. The molecule has 0 saturated carbocycles. The van der Waals surface area contributed by atoms with Gasteiger partial charge in [0.2, 0.25) is 5.91 Å². The van der Waals surface area contributed by atoms with Gasteiger partial charge in [-0.3, -0.25) is 4.79 Å². The van der Waals surface area contributed by atoms with Gasteiger partial charge in [0.05, 0.1) is 0 Å². The first kappa shape index (κ1) is 13.9. The Kier molecular flexibility index (Phi) is 4.66. The van der Waals surface area contributed by atoms with E-state index in [9.17, 15) is 4.79 Å². The Morgan fingerprint density at radius 3 is 2.50 bits per heavy atom. The molecule has 1 atom stereocenters. The molecule has 2 aliphatic rings. The van der Waals surface area contributed by atoms with Gasteiger partial charge in [-0.1, -0.05) is 6.92 Å². The van der Waals surface area contributed by atoms with Crippen molar-refractivity contribution in [2.75, 3.05) is 26.2 Å². The normalized spacial score (nSPS) is 28.1. The molecule has 0 bridgehead atoms. The lowest BCUT2D eigenvalue weighted by molar-refractivity contribution is -0.137. The van der Waals surface area contributed by atoms with E-state index in [1.165, 1.54) is 32.5 Å². The molecule has 0 aromatic heterocycles. The monoisotopic (exact) mass is 252 g/mol. The van der Waals surface area contributed by atoms with Crippen LogP contribution < -0.4 is 0 Å². The number of carbonyl (C=O) groups excluding carboxylic acids is 1. The summed E-state index contributed by atoms with van der Waals surface area (Å²) in [5.74, 6) is 1.95. The van der Waals surface area contributed by atoms with Crippen molar-refractivity contribution in [3.8, 4) is 0 Å². The number of piperidine rings is 2. The quantitative estimate of drug-likeness (QED) is 0.770. The largest absolute Gasteiger partial charge is 0.340 e. The van der Waals surface area contributed by atoms with Gasteiger partial charge in [0.15, 0.2) is 0 Å². The third kappa shape index (κ3) is 3.47. The summed E-state index contributed by atoms with van der Waals surface area (Å²) in [6.07, 6.45) is 4.54. The van der Waals surface area contributed by atoms with Crippen molar-refractivity contribution in [3.05, 3.63) is 0 Å². The smallest absolute Gasteiger partial charge is 0.222 e. The van der Waals surface area contributed by atoms with Crippen molar-refractivity contribution >= 4 is 5.91 Å². The molecular formula is C15H28N2O. The van der Waals surface area contributed by atoms with E-state index in [1.807, 2.05) is 0 Å². The molecule has 0 radical (unpaired) electrons. The third-order valence-corrected chi connectivity index (χ3v) is 4.56. The highest BCUT2D eigenvalue weighted by Crippen LogP contribution is 2.23. The predicted octanol–water partition coefficient (Wildman–Crippen LogP) is 2.37. The molecule has 1 amide bonds. The molecule has 1 unspecified atom stereocenters. The van der Waals surface area contributed by atoms with Gasteiger partial charge in [0.1, 0.15) is 0 Å². The zero-order chi connectivity index (χ0) is 13.1. The Bertz CT molecular complexity index is 282. The lowest BCUT2D eigenvalue weighted by Gasteiger charge is -2.39. The van der Waals surface area contributed by atoms with Crippen LogP contribution in [0.3, 0.4) is 0 Å². The highest BCUT2D eigenvalue weighted by atomic mass is 16.2. The van der Waals surface area contributed by atoms with Crippen molar-refractivity contribution in [3.63, 3.8) is 0 Å². The van der Waals surface area contributed by atoms with Gasteiger partial charge in [0, 0.05) is 25.6 Å². The third-order valence-electron chi connectivity index (χ3n) is 4.56. The van der Waals surface area contributed by atoms with E-state index in [0.717, 1.165) is 25.3 Å². The zero-order valence-corrected chi connectivity index (χ0v) is 12.2. The number of likely N-dealkylation sites (tertiary alicyclic amines) is 2. The maximum absolute atomic E-state index is 11.8. The molecule has 0 N–H and O–H groups in total. The first-order chi connectivity index (χ1) is 8.56. The van der Waals surface area contributed by atoms with E-state index in [0.29, 0.717) is 17.9 Å². The Morgan fingerprint density at radius 1 is 1.22 bits per heavy atom. The standard InChI is InChI=1S/C15H28N2O/c1-12(2)17-11-14(4-5-15(17)18)10-16-8-6-13(3)7-9-16/h12-14H,4-11H2,1-3H3. The van der Waals surface area contributed by atoms with Crippen LogP contribution in [0.1, 0.15) is 46.5 Å². The average molecular weight is 252 g/mol. The molecule has 0 aromatic rings. The number of nitrogens with zero attached hydrogens (tertiary/aromatic N) is 2. The van der Waals surface area contributed by atoms with Crippen LogP contribution in [0, 0.1) is 11.8 Å². The Morgan fingerprint density at radius 2 is 1.89 bits per heavy atom. The van der Waals surface area contributed by atoms with E-state index in [4.69, 9.17) is 0 Å². The number of rotatable bonds is 3. The summed E-state index contributed by atoms with van der Waals surface area (Å²) in [6.45, 7) is 11.3. The van der Waals surface area contributed by atoms with Gasteiger partial charge in [0.25, 0.3) is 0 Å². The molecule has 3 heteroatoms. The summed E-state index contributed by atoms with van der Waals surface area (Å²) < 4.78 is 0. The van der Waals surface area contributed by atoms with E-state index in [2.05, 4.69) is 30.6 Å². The Balaban J connectivity index is 1.81. The van der Waals surface area contributed by atoms with E-state index < -0.39 is 0 Å². The molecule has 0 aliphatic carbocycles. The van der Waals surface area contributed by atoms with Crippen LogP contribution in [0.5, 0.6) is 0 Å².